The number of aromatic nitrogens is 3. The van der Waals surface area contributed by atoms with Crippen molar-refractivity contribution in [2.24, 2.45) is 5.92 Å². The molecule has 0 saturated carbocycles. The quantitative estimate of drug-likeness (QED) is 0.257. The number of amides is 1. The highest BCUT2D eigenvalue weighted by atomic mass is 35.5. The Morgan fingerprint density at radius 1 is 1.25 bits per heavy atom. The third-order valence-electron chi connectivity index (χ3n) is 5.57. The average molecular weight is 483 g/mol. The van der Waals surface area contributed by atoms with Gasteiger partial charge in [0.05, 0.1) is 16.0 Å². The second-order valence-electron chi connectivity index (χ2n) is 8.45. The zero-order valence-electron chi connectivity index (χ0n) is 17.9. The molecule has 1 N–H and O–H groups in total. The molecule has 0 aliphatic heterocycles. The fraction of sp³-hybridized carbons (Fsp3) is 0.333. The number of hydrogen-bond donors (Lipinski definition) is 1. The van der Waals surface area contributed by atoms with E-state index in [1.54, 1.807) is 29.8 Å². The van der Waals surface area contributed by atoms with Crippen molar-refractivity contribution in [3.05, 3.63) is 52.4 Å². The Morgan fingerprint density at radius 2 is 2.09 bits per heavy atom. The van der Waals surface area contributed by atoms with Gasteiger partial charge in [-0.3, -0.25) is 4.79 Å². The van der Waals surface area contributed by atoms with Gasteiger partial charge >= 0.3 is 0 Å². The van der Waals surface area contributed by atoms with Crippen LogP contribution in [0.1, 0.15) is 37.1 Å². The SMILES string of the molecule is CC(C)Cc1nc2sc3c(SCC(=O)Nc4cccc(Cl)c4)ncnc3c2c2c1CCC2. The van der Waals surface area contributed by atoms with E-state index in [1.165, 1.54) is 40.4 Å². The molecule has 0 atom stereocenters. The van der Waals surface area contributed by atoms with Gasteiger partial charge < -0.3 is 5.32 Å². The van der Waals surface area contributed by atoms with Crippen molar-refractivity contribution in [1.29, 1.82) is 0 Å². The molecular formula is C24H23ClN4OS2. The van der Waals surface area contributed by atoms with Gasteiger partial charge in [0, 0.05) is 21.8 Å². The summed E-state index contributed by atoms with van der Waals surface area (Å²) >= 11 is 9.08. The van der Waals surface area contributed by atoms with Crippen molar-refractivity contribution >= 4 is 66.7 Å². The summed E-state index contributed by atoms with van der Waals surface area (Å²) in [6.07, 6.45) is 5.97. The zero-order chi connectivity index (χ0) is 22.2. The second-order valence-corrected chi connectivity index (χ2v) is 10.9. The number of anilines is 1. The van der Waals surface area contributed by atoms with Crippen LogP contribution < -0.4 is 5.32 Å². The number of nitrogens with one attached hydrogen (secondary N) is 1. The van der Waals surface area contributed by atoms with Crippen LogP contribution in [0.5, 0.6) is 0 Å². The van der Waals surface area contributed by atoms with Gasteiger partial charge in [0.2, 0.25) is 5.91 Å². The highest BCUT2D eigenvalue weighted by Crippen LogP contribution is 2.42. The molecule has 0 spiro atoms. The van der Waals surface area contributed by atoms with Crippen molar-refractivity contribution in [1.82, 2.24) is 15.0 Å². The van der Waals surface area contributed by atoms with Crippen molar-refractivity contribution in [3.8, 4) is 0 Å². The lowest BCUT2D eigenvalue weighted by molar-refractivity contribution is -0.113. The first kappa shape index (κ1) is 21.6. The first-order valence-corrected chi connectivity index (χ1v) is 12.9. The fourth-order valence-electron chi connectivity index (χ4n) is 4.31. The smallest absolute Gasteiger partial charge is 0.234 e. The minimum absolute atomic E-state index is 0.0941. The standard InChI is InChI=1S/C24H23ClN4OS2/c1-13(2)9-18-16-7-4-8-17(16)20-21-22(32-23(20)29-18)24(27-12-26-21)31-11-19(30)28-15-6-3-5-14(25)10-15/h3,5-6,10,12-13H,4,7-9,11H2,1-2H3,(H,28,30). The van der Waals surface area contributed by atoms with Crippen LogP contribution in [-0.4, -0.2) is 26.6 Å². The first-order valence-electron chi connectivity index (χ1n) is 10.8. The fourth-order valence-corrected chi connectivity index (χ4v) is 6.56. The molecule has 1 aliphatic carbocycles. The number of carbonyl (C=O) groups excluding carboxylic acids is 1. The number of nitrogens with zero attached hydrogens (tertiary/aromatic N) is 3. The van der Waals surface area contributed by atoms with Crippen LogP contribution in [0.2, 0.25) is 5.02 Å². The molecule has 3 aromatic heterocycles. The van der Waals surface area contributed by atoms with Crippen LogP contribution in [0.3, 0.4) is 0 Å². The summed E-state index contributed by atoms with van der Waals surface area (Å²) in [7, 11) is 0. The Hall–Kier alpha value is -2.22. The summed E-state index contributed by atoms with van der Waals surface area (Å²) in [6.45, 7) is 4.49. The molecule has 1 aliphatic rings. The maximum absolute atomic E-state index is 12.5. The van der Waals surface area contributed by atoms with Crippen molar-refractivity contribution in [2.45, 2.75) is 44.6 Å². The summed E-state index contributed by atoms with van der Waals surface area (Å²) in [5.41, 5.74) is 5.76. The monoisotopic (exact) mass is 482 g/mol. The van der Waals surface area contributed by atoms with Gasteiger partial charge in [0.15, 0.2) is 0 Å². The largest absolute Gasteiger partial charge is 0.325 e. The van der Waals surface area contributed by atoms with Gasteiger partial charge in [-0.15, -0.1) is 11.3 Å². The lowest BCUT2D eigenvalue weighted by Gasteiger charge is -2.11. The lowest BCUT2D eigenvalue weighted by Crippen LogP contribution is -2.14. The summed E-state index contributed by atoms with van der Waals surface area (Å²) in [6, 6.07) is 7.15. The number of thiophene rings is 1. The maximum atomic E-state index is 12.5. The third-order valence-corrected chi connectivity index (χ3v) is 8.01. The lowest BCUT2D eigenvalue weighted by atomic mass is 9.99. The third kappa shape index (κ3) is 4.21. The number of hydrogen-bond acceptors (Lipinski definition) is 6. The number of carbonyl (C=O) groups is 1. The van der Waals surface area contributed by atoms with E-state index < -0.39 is 0 Å². The molecule has 1 amide bonds. The molecule has 5 rings (SSSR count). The molecule has 0 saturated heterocycles. The molecule has 1 aromatic carbocycles. The van der Waals surface area contributed by atoms with Gasteiger partial charge in [-0.05, 0) is 60.9 Å². The molecule has 4 aromatic rings. The normalized spacial score (nSPS) is 13.2. The second kappa shape index (κ2) is 8.96. The minimum Gasteiger partial charge on any atom is -0.325 e. The van der Waals surface area contributed by atoms with Crippen molar-refractivity contribution < 1.29 is 4.79 Å². The van der Waals surface area contributed by atoms with E-state index in [2.05, 4.69) is 29.1 Å². The van der Waals surface area contributed by atoms with E-state index in [0.717, 1.165) is 39.3 Å². The summed E-state index contributed by atoms with van der Waals surface area (Å²) < 4.78 is 1.02. The van der Waals surface area contributed by atoms with Gasteiger partial charge in [-0.1, -0.05) is 43.3 Å². The number of rotatable bonds is 6. The van der Waals surface area contributed by atoms with Gasteiger partial charge in [-0.2, -0.15) is 0 Å². The minimum atomic E-state index is -0.0941. The molecule has 5 nitrogen and oxygen atoms in total. The van der Waals surface area contributed by atoms with Gasteiger partial charge in [-0.25, -0.2) is 15.0 Å². The van der Waals surface area contributed by atoms with Crippen LogP contribution in [0, 0.1) is 5.92 Å². The number of fused-ring (bicyclic) bond motifs is 5. The molecule has 0 unspecified atom stereocenters. The van der Waals surface area contributed by atoms with E-state index in [0.29, 0.717) is 16.6 Å². The summed E-state index contributed by atoms with van der Waals surface area (Å²) in [5, 5.41) is 5.51. The number of halogens is 1. The predicted molar refractivity (Wildman–Crippen MR) is 134 cm³/mol. The topological polar surface area (TPSA) is 67.8 Å². The molecule has 0 bridgehead atoms. The van der Waals surface area contributed by atoms with Crippen LogP contribution in [-0.2, 0) is 24.1 Å². The highest BCUT2D eigenvalue weighted by molar-refractivity contribution is 8.00. The first-order chi connectivity index (χ1) is 15.5. The number of benzene rings is 1. The predicted octanol–water partition coefficient (Wildman–Crippen LogP) is 6.31. The van der Waals surface area contributed by atoms with Crippen molar-refractivity contribution in [2.75, 3.05) is 11.1 Å². The van der Waals surface area contributed by atoms with Crippen molar-refractivity contribution in [3.63, 3.8) is 0 Å². The van der Waals surface area contributed by atoms with Crippen LogP contribution in [0.4, 0.5) is 5.69 Å². The summed E-state index contributed by atoms with van der Waals surface area (Å²) in [4.78, 5) is 27.7. The highest BCUT2D eigenvalue weighted by Gasteiger charge is 2.24. The number of thioether (sulfide) groups is 1. The van der Waals surface area contributed by atoms with Gasteiger partial charge in [0.25, 0.3) is 0 Å². The number of aryl methyl sites for hydroxylation is 1. The van der Waals surface area contributed by atoms with E-state index in [1.807, 2.05) is 12.1 Å². The number of pyridine rings is 1. The molecule has 164 valence electrons. The molecule has 32 heavy (non-hydrogen) atoms. The van der Waals surface area contributed by atoms with E-state index >= 15 is 0 Å². The van der Waals surface area contributed by atoms with E-state index in [-0.39, 0.29) is 11.7 Å². The van der Waals surface area contributed by atoms with Crippen LogP contribution in [0.15, 0.2) is 35.6 Å². The Bertz CT molecular complexity index is 1330. The molecule has 8 heteroatoms. The summed E-state index contributed by atoms with van der Waals surface area (Å²) in [5.74, 6) is 0.739. The van der Waals surface area contributed by atoms with E-state index in [9.17, 15) is 4.79 Å². The molecule has 0 fully saturated rings. The Labute approximate surface area is 200 Å². The van der Waals surface area contributed by atoms with Crippen LogP contribution in [0.25, 0.3) is 20.4 Å². The Morgan fingerprint density at radius 3 is 2.91 bits per heavy atom. The molecule has 3 heterocycles. The van der Waals surface area contributed by atoms with E-state index in [4.69, 9.17) is 16.6 Å². The maximum Gasteiger partial charge on any atom is 0.234 e. The van der Waals surface area contributed by atoms with Gasteiger partial charge in [0.1, 0.15) is 16.2 Å². The zero-order valence-corrected chi connectivity index (χ0v) is 20.3. The Balaban J connectivity index is 1.46. The molecule has 0 radical (unpaired) electrons. The Kier molecular flexibility index (Phi) is 6.05. The molecular weight excluding hydrogens is 460 g/mol. The van der Waals surface area contributed by atoms with Crippen LogP contribution >= 0.6 is 34.7 Å². The average Bonchev–Trinajstić information content (AvgIpc) is 3.36.